The number of nitrogens with one attached hydrogen (secondary N) is 2. The van der Waals surface area contributed by atoms with Gasteiger partial charge in [-0.05, 0) is 24.3 Å². The standard InChI is InChI=1S/C16H18N4O/c21-16(19-13-6-2-1-3-7-13)14-12-17-10-11-20(14)15-8-4-5-9-18-15/h1-9,14,17H,10-12H2,(H,19,21). The number of benzene rings is 1. The lowest BCUT2D eigenvalue weighted by Crippen LogP contribution is -2.57. The van der Waals surface area contributed by atoms with Crippen LogP contribution in [0.1, 0.15) is 0 Å². The molecule has 5 heteroatoms. The Kier molecular flexibility index (Phi) is 4.12. The fourth-order valence-electron chi connectivity index (χ4n) is 2.48. The van der Waals surface area contributed by atoms with Crippen molar-refractivity contribution in [3.8, 4) is 0 Å². The predicted molar refractivity (Wildman–Crippen MR) is 83.3 cm³/mol. The first-order valence-corrected chi connectivity index (χ1v) is 7.09. The molecule has 0 bridgehead atoms. The number of carbonyl (C=O) groups excluding carboxylic acids is 1. The number of pyridine rings is 1. The van der Waals surface area contributed by atoms with Gasteiger partial charge in [0.1, 0.15) is 11.9 Å². The van der Waals surface area contributed by atoms with E-state index in [0.717, 1.165) is 24.6 Å². The first kappa shape index (κ1) is 13.6. The van der Waals surface area contributed by atoms with Crippen molar-refractivity contribution in [3.05, 3.63) is 54.7 Å². The topological polar surface area (TPSA) is 57.3 Å². The van der Waals surface area contributed by atoms with Crippen LogP contribution in [0.15, 0.2) is 54.7 Å². The van der Waals surface area contributed by atoms with Crippen LogP contribution in [0.25, 0.3) is 0 Å². The number of amides is 1. The Morgan fingerprint density at radius 2 is 2.00 bits per heavy atom. The SMILES string of the molecule is O=C(Nc1ccccc1)C1CNCCN1c1ccccn1. The molecule has 0 spiro atoms. The molecule has 2 heterocycles. The molecule has 1 amide bonds. The summed E-state index contributed by atoms with van der Waals surface area (Å²) in [6.07, 6.45) is 1.75. The summed E-state index contributed by atoms with van der Waals surface area (Å²) in [7, 11) is 0. The highest BCUT2D eigenvalue weighted by molar-refractivity contribution is 5.97. The van der Waals surface area contributed by atoms with Crippen LogP contribution in [0.4, 0.5) is 11.5 Å². The van der Waals surface area contributed by atoms with Gasteiger partial charge in [-0.15, -0.1) is 0 Å². The van der Waals surface area contributed by atoms with Crippen LogP contribution in [-0.4, -0.2) is 36.6 Å². The monoisotopic (exact) mass is 282 g/mol. The average molecular weight is 282 g/mol. The predicted octanol–water partition coefficient (Wildman–Crippen LogP) is 1.50. The van der Waals surface area contributed by atoms with Gasteiger partial charge in [0.25, 0.3) is 0 Å². The molecule has 1 aliphatic rings. The molecule has 1 fully saturated rings. The van der Waals surface area contributed by atoms with Gasteiger partial charge in [0.2, 0.25) is 5.91 Å². The number of piperazine rings is 1. The smallest absolute Gasteiger partial charge is 0.248 e. The second kappa shape index (κ2) is 6.37. The summed E-state index contributed by atoms with van der Waals surface area (Å²) in [4.78, 5) is 18.9. The number of anilines is 2. The third-order valence-electron chi connectivity index (χ3n) is 3.53. The summed E-state index contributed by atoms with van der Waals surface area (Å²) in [6.45, 7) is 2.24. The lowest BCUT2D eigenvalue weighted by atomic mass is 10.1. The van der Waals surface area contributed by atoms with E-state index >= 15 is 0 Å². The molecule has 5 nitrogen and oxygen atoms in total. The molecule has 2 N–H and O–H groups in total. The minimum Gasteiger partial charge on any atom is -0.342 e. The molecular formula is C16H18N4O. The highest BCUT2D eigenvalue weighted by atomic mass is 16.2. The molecular weight excluding hydrogens is 264 g/mol. The Bertz CT molecular complexity index is 588. The normalized spacial score (nSPS) is 18.3. The molecule has 2 aromatic rings. The molecule has 0 aliphatic carbocycles. The van der Waals surface area contributed by atoms with Gasteiger partial charge in [0.05, 0.1) is 0 Å². The maximum Gasteiger partial charge on any atom is 0.248 e. The number of hydrogen-bond acceptors (Lipinski definition) is 4. The van der Waals surface area contributed by atoms with Gasteiger partial charge in [0.15, 0.2) is 0 Å². The van der Waals surface area contributed by atoms with Crippen LogP contribution in [0.3, 0.4) is 0 Å². The zero-order chi connectivity index (χ0) is 14.5. The van der Waals surface area contributed by atoms with E-state index in [2.05, 4.69) is 20.5 Å². The fraction of sp³-hybridized carbons (Fsp3) is 0.250. The van der Waals surface area contributed by atoms with Gasteiger partial charge in [0, 0.05) is 31.5 Å². The third-order valence-corrected chi connectivity index (χ3v) is 3.53. The third kappa shape index (κ3) is 3.20. The van der Waals surface area contributed by atoms with E-state index in [9.17, 15) is 4.79 Å². The van der Waals surface area contributed by atoms with Gasteiger partial charge in [-0.3, -0.25) is 4.79 Å². The Hall–Kier alpha value is -2.40. The molecule has 0 saturated carbocycles. The summed E-state index contributed by atoms with van der Waals surface area (Å²) >= 11 is 0. The lowest BCUT2D eigenvalue weighted by Gasteiger charge is -2.36. The fourth-order valence-corrected chi connectivity index (χ4v) is 2.48. The average Bonchev–Trinajstić information content (AvgIpc) is 2.56. The maximum absolute atomic E-state index is 12.5. The largest absolute Gasteiger partial charge is 0.342 e. The quantitative estimate of drug-likeness (QED) is 0.896. The van der Waals surface area contributed by atoms with E-state index in [0.29, 0.717) is 6.54 Å². The zero-order valence-corrected chi connectivity index (χ0v) is 11.7. The van der Waals surface area contributed by atoms with Crippen molar-refractivity contribution in [2.75, 3.05) is 29.9 Å². The van der Waals surface area contributed by atoms with Gasteiger partial charge in [-0.25, -0.2) is 4.98 Å². The van der Waals surface area contributed by atoms with E-state index in [1.165, 1.54) is 0 Å². The molecule has 1 unspecified atom stereocenters. The second-order valence-electron chi connectivity index (χ2n) is 4.96. The van der Waals surface area contributed by atoms with E-state index in [4.69, 9.17) is 0 Å². The number of rotatable bonds is 3. The van der Waals surface area contributed by atoms with Crippen LogP contribution in [-0.2, 0) is 4.79 Å². The summed E-state index contributed by atoms with van der Waals surface area (Å²) in [5.74, 6) is 0.825. The van der Waals surface area contributed by atoms with Crippen molar-refractivity contribution >= 4 is 17.4 Å². The van der Waals surface area contributed by atoms with Crippen molar-refractivity contribution in [2.24, 2.45) is 0 Å². The number of aromatic nitrogens is 1. The number of para-hydroxylation sites is 1. The van der Waals surface area contributed by atoms with Crippen LogP contribution in [0.2, 0.25) is 0 Å². The summed E-state index contributed by atoms with van der Waals surface area (Å²) in [5, 5.41) is 6.23. The van der Waals surface area contributed by atoms with Crippen LogP contribution >= 0.6 is 0 Å². The molecule has 3 rings (SSSR count). The number of nitrogens with zero attached hydrogens (tertiary/aromatic N) is 2. The van der Waals surface area contributed by atoms with Crippen LogP contribution < -0.4 is 15.5 Å². The van der Waals surface area contributed by atoms with Crippen LogP contribution in [0.5, 0.6) is 0 Å². The number of hydrogen-bond donors (Lipinski definition) is 2. The Labute approximate surface area is 124 Å². The zero-order valence-electron chi connectivity index (χ0n) is 11.7. The van der Waals surface area contributed by atoms with Crippen molar-refractivity contribution < 1.29 is 4.79 Å². The molecule has 1 atom stereocenters. The molecule has 108 valence electrons. The maximum atomic E-state index is 12.5. The van der Waals surface area contributed by atoms with Gasteiger partial charge in [-0.2, -0.15) is 0 Å². The highest BCUT2D eigenvalue weighted by Gasteiger charge is 2.29. The molecule has 1 aromatic carbocycles. The molecule has 1 aliphatic heterocycles. The van der Waals surface area contributed by atoms with E-state index in [1.807, 2.05) is 48.5 Å². The first-order chi connectivity index (χ1) is 10.3. The summed E-state index contributed by atoms with van der Waals surface area (Å²) in [6, 6.07) is 15.0. The first-order valence-electron chi connectivity index (χ1n) is 7.09. The van der Waals surface area contributed by atoms with Crippen molar-refractivity contribution in [2.45, 2.75) is 6.04 Å². The molecule has 1 aromatic heterocycles. The summed E-state index contributed by atoms with van der Waals surface area (Å²) < 4.78 is 0. The molecule has 1 saturated heterocycles. The van der Waals surface area contributed by atoms with Crippen molar-refractivity contribution in [3.63, 3.8) is 0 Å². The van der Waals surface area contributed by atoms with Gasteiger partial charge in [-0.1, -0.05) is 24.3 Å². The Morgan fingerprint density at radius 1 is 1.19 bits per heavy atom. The lowest BCUT2D eigenvalue weighted by molar-refractivity contribution is -0.117. The van der Waals surface area contributed by atoms with Crippen molar-refractivity contribution in [1.82, 2.24) is 10.3 Å². The van der Waals surface area contributed by atoms with E-state index in [-0.39, 0.29) is 11.9 Å². The minimum atomic E-state index is -0.256. The van der Waals surface area contributed by atoms with E-state index < -0.39 is 0 Å². The van der Waals surface area contributed by atoms with Gasteiger partial charge < -0.3 is 15.5 Å². The minimum absolute atomic E-state index is 0.0148. The van der Waals surface area contributed by atoms with Crippen LogP contribution in [0, 0.1) is 0 Å². The van der Waals surface area contributed by atoms with E-state index in [1.54, 1.807) is 6.20 Å². The Balaban J connectivity index is 1.76. The highest BCUT2D eigenvalue weighted by Crippen LogP contribution is 2.16. The second-order valence-corrected chi connectivity index (χ2v) is 4.96. The number of carbonyl (C=O) groups is 1. The Morgan fingerprint density at radius 3 is 2.76 bits per heavy atom. The van der Waals surface area contributed by atoms with Crippen molar-refractivity contribution in [1.29, 1.82) is 0 Å². The summed E-state index contributed by atoms with van der Waals surface area (Å²) in [5.41, 5.74) is 0.814. The molecule has 0 radical (unpaired) electrons. The molecule has 21 heavy (non-hydrogen) atoms. The van der Waals surface area contributed by atoms with Gasteiger partial charge >= 0.3 is 0 Å².